The van der Waals surface area contributed by atoms with E-state index in [9.17, 15) is 4.79 Å². The number of nitrogens with zero attached hydrogens (tertiary/aromatic N) is 2. The number of benzene rings is 1. The standard InChI is InChI=1S/C19H17BrN2OS/c20-17-11-16(12-21-13-17)19(23)22(14-18-7-4-10-24-18)9-8-15-5-2-1-3-6-15/h1-7,10-13H,8-9,14H2. The molecule has 0 aliphatic rings. The second kappa shape index (κ2) is 8.22. The first-order chi connectivity index (χ1) is 11.7. The lowest BCUT2D eigenvalue weighted by Gasteiger charge is -2.22. The number of carbonyl (C=O) groups is 1. The highest BCUT2D eigenvalue weighted by Gasteiger charge is 2.17. The summed E-state index contributed by atoms with van der Waals surface area (Å²) < 4.78 is 0.812. The summed E-state index contributed by atoms with van der Waals surface area (Å²) in [4.78, 5) is 20.1. The molecule has 5 heteroatoms. The minimum Gasteiger partial charge on any atom is -0.333 e. The van der Waals surface area contributed by atoms with Gasteiger partial charge in [0.15, 0.2) is 0 Å². The van der Waals surface area contributed by atoms with E-state index < -0.39 is 0 Å². The molecule has 1 amide bonds. The van der Waals surface area contributed by atoms with Crippen molar-refractivity contribution in [3.63, 3.8) is 0 Å². The molecule has 2 heterocycles. The Kier molecular flexibility index (Phi) is 5.77. The Balaban J connectivity index is 1.77. The summed E-state index contributed by atoms with van der Waals surface area (Å²) in [5.41, 5.74) is 1.84. The number of thiophene rings is 1. The smallest absolute Gasteiger partial charge is 0.255 e. The van der Waals surface area contributed by atoms with Crippen molar-refractivity contribution in [1.29, 1.82) is 0 Å². The van der Waals surface area contributed by atoms with E-state index in [0.29, 0.717) is 18.7 Å². The maximum absolute atomic E-state index is 12.9. The SMILES string of the molecule is O=C(c1cncc(Br)c1)N(CCc1ccccc1)Cc1cccs1. The Bertz CT molecular complexity index is 790. The molecule has 122 valence electrons. The molecule has 0 unspecified atom stereocenters. The topological polar surface area (TPSA) is 33.2 Å². The zero-order valence-corrected chi connectivity index (χ0v) is 15.5. The Morgan fingerprint density at radius 1 is 1.12 bits per heavy atom. The molecule has 2 aromatic heterocycles. The van der Waals surface area contributed by atoms with Crippen LogP contribution in [0.1, 0.15) is 20.8 Å². The summed E-state index contributed by atoms with van der Waals surface area (Å²) in [5, 5.41) is 2.04. The molecule has 3 nitrogen and oxygen atoms in total. The van der Waals surface area contributed by atoms with Crippen LogP contribution in [0.4, 0.5) is 0 Å². The second-order valence-electron chi connectivity index (χ2n) is 5.43. The largest absolute Gasteiger partial charge is 0.333 e. The van der Waals surface area contributed by atoms with Crippen LogP contribution in [0.25, 0.3) is 0 Å². The molecule has 0 bridgehead atoms. The third kappa shape index (κ3) is 4.52. The molecule has 0 fully saturated rings. The molecular formula is C19H17BrN2OS. The maximum Gasteiger partial charge on any atom is 0.255 e. The van der Waals surface area contributed by atoms with Crippen LogP contribution in [-0.2, 0) is 13.0 Å². The molecule has 0 radical (unpaired) electrons. The average Bonchev–Trinajstić information content (AvgIpc) is 3.12. The van der Waals surface area contributed by atoms with Crippen molar-refractivity contribution in [3.05, 3.63) is 86.8 Å². The third-order valence-electron chi connectivity index (χ3n) is 3.68. The molecule has 3 aromatic rings. The van der Waals surface area contributed by atoms with Crippen LogP contribution in [0.3, 0.4) is 0 Å². The van der Waals surface area contributed by atoms with Gasteiger partial charge < -0.3 is 4.90 Å². The van der Waals surface area contributed by atoms with Gasteiger partial charge in [0.25, 0.3) is 5.91 Å². The van der Waals surface area contributed by atoms with E-state index in [0.717, 1.165) is 10.9 Å². The quantitative estimate of drug-likeness (QED) is 0.595. The summed E-state index contributed by atoms with van der Waals surface area (Å²) >= 11 is 5.05. The van der Waals surface area contributed by atoms with Crippen LogP contribution in [0.15, 0.2) is 70.8 Å². The third-order valence-corrected chi connectivity index (χ3v) is 4.97. The van der Waals surface area contributed by atoms with Gasteiger partial charge in [-0.3, -0.25) is 9.78 Å². The number of pyridine rings is 1. The van der Waals surface area contributed by atoms with Gasteiger partial charge in [-0.05, 0) is 45.4 Å². The number of hydrogen-bond acceptors (Lipinski definition) is 3. The first-order valence-corrected chi connectivity index (χ1v) is 9.36. The van der Waals surface area contributed by atoms with Gasteiger partial charge in [-0.1, -0.05) is 36.4 Å². The number of aromatic nitrogens is 1. The summed E-state index contributed by atoms with van der Waals surface area (Å²) in [5.74, 6) is 0.00753. The predicted octanol–water partition coefficient (Wildman–Crippen LogP) is 4.79. The van der Waals surface area contributed by atoms with Crippen LogP contribution >= 0.6 is 27.3 Å². The molecule has 24 heavy (non-hydrogen) atoms. The van der Waals surface area contributed by atoms with Gasteiger partial charge in [0.05, 0.1) is 12.1 Å². The molecule has 3 rings (SSSR count). The minimum absolute atomic E-state index is 0.00753. The molecule has 0 aliphatic heterocycles. The Morgan fingerprint density at radius 3 is 2.67 bits per heavy atom. The van der Waals surface area contributed by atoms with Crippen molar-refractivity contribution in [2.24, 2.45) is 0 Å². The van der Waals surface area contributed by atoms with Crippen molar-refractivity contribution in [2.45, 2.75) is 13.0 Å². The fourth-order valence-corrected chi connectivity index (χ4v) is 3.55. The average molecular weight is 401 g/mol. The molecule has 1 aromatic carbocycles. The summed E-state index contributed by atoms with van der Waals surface area (Å²) in [7, 11) is 0. The van der Waals surface area contributed by atoms with Crippen LogP contribution in [0.5, 0.6) is 0 Å². The highest BCUT2D eigenvalue weighted by molar-refractivity contribution is 9.10. The summed E-state index contributed by atoms with van der Waals surface area (Å²) in [6, 6.07) is 16.1. The van der Waals surface area contributed by atoms with Crippen molar-refractivity contribution < 1.29 is 4.79 Å². The fourth-order valence-electron chi connectivity index (χ4n) is 2.46. The summed E-state index contributed by atoms with van der Waals surface area (Å²) in [6.45, 7) is 1.29. The van der Waals surface area contributed by atoms with E-state index in [1.54, 1.807) is 23.7 Å². The molecule has 0 N–H and O–H groups in total. The Morgan fingerprint density at radius 2 is 1.96 bits per heavy atom. The molecule has 0 aliphatic carbocycles. The highest BCUT2D eigenvalue weighted by atomic mass is 79.9. The zero-order chi connectivity index (χ0) is 16.8. The van der Waals surface area contributed by atoms with E-state index in [1.165, 1.54) is 10.4 Å². The fraction of sp³-hybridized carbons (Fsp3) is 0.158. The monoisotopic (exact) mass is 400 g/mol. The number of halogens is 1. The van der Waals surface area contributed by atoms with Crippen LogP contribution < -0.4 is 0 Å². The summed E-state index contributed by atoms with van der Waals surface area (Å²) in [6.07, 6.45) is 4.14. The minimum atomic E-state index is 0.00753. The lowest BCUT2D eigenvalue weighted by atomic mass is 10.1. The van der Waals surface area contributed by atoms with Crippen molar-refractivity contribution >= 4 is 33.2 Å². The maximum atomic E-state index is 12.9. The van der Waals surface area contributed by atoms with E-state index in [2.05, 4.69) is 39.1 Å². The van der Waals surface area contributed by atoms with Crippen LogP contribution in [-0.4, -0.2) is 22.3 Å². The normalized spacial score (nSPS) is 10.5. The first kappa shape index (κ1) is 16.9. The van der Waals surface area contributed by atoms with Gasteiger partial charge in [0, 0.05) is 28.3 Å². The van der Waals surface area contributed by atoms with Gasteiger partial charge in [0.1, 0.15) is 0 Å². The molecule has 0 saturated carbocycles. The van der Waals surface area contributed by atoms with Gasteiger partial charge in [-0.2, -0.15) is 0 Å². The highest BCUT2D eigenvalue weighted by Crippen LogP contribution is 2.17. The second-order valence-corrected chi connectivity index (χ2v) is 7.38. The molecule has 0 atom stereocenters. The van der Waals surface area contributed by atoms with Crippen LogP contribution in [0, 0.1) is 0 Å². The van der Waals surface area contributed by atoms with Gasteiger partial charge in [-0.25, -0.2) is 0 Å². The lowest BCUT2D eigenvalue weighted by molar-refractivity contribution is 0.0746. The van der Waals surface area contributed by atoms with Crippen molar-refractivity contribution in [3.8, 4) is 0 Å². The van der Waals surface area contributed by atoms with E-state index >= 15 is 0 Å². The van der Waals surface area contributed by atoms with Gasteiger partial charge >= 0.3 is 0 Å². The van der Waals surface area contributed by atoms with Gasteiger partial charge in [-0.15, -0.1) is 11.3 Å². The number of amides is 1. The number of hydrogen-bond donors (Lipinski definition) is 0. The van der Waals surface area contributed by atoms with Crippen molar-refractivity contribution in [1.82, 2.24) is 9.88 Å². The zero-order valence-electron chi connectivity index (χ0n) is 13.1. The van der Waals surface area contributed by atoms with Gasteiger partial charge in [0.2, 0.25) is 0 Å². The van der Waals surface area contributed by atoms with Crippen molar-refractivity contribution in [2.75, 3.05) is 6.54 Å². The van der Waals surface area contributed by atoms with E-state index in [4.69, 9.17) is 0 Å². The molecule has 0 saturated heterocycles. The Labute approximate surface area is 154 Å². The molecule has 0 spiro atoms. The lowest BCUT2D eigenvalue weighted by Crippen LogP contribution is -2.32. The van der Waals surface area contributed by atoms with Crippen LogP contribution in [0.2, 0.25) is 0 Å². The first-order valence-electron chi connectivity index (χ1n) is 7.68. The number of carbonyl (C=O) groups excluding carboxylic acids is 1. The van der Waals surface area contributed by atoms with E-state index in [-0.39, 0.29) is 5.91 Å². The Hall–Kier alpha value is -1.98. The molecular weight excluding hydrogens is 384 g/mol. The number of rotatable bonds is 6. The predicted molar refractivity (Wildman–Crippen MR) is 101 cm³/mol. The van der Waals surface area contributed by atoms with E-state index in [1.807, 2.05) is 40.6 Å².